The van der Waals surface area contributed by atoms with Crippen LogP contribution < -0.4 is 0 Å². The third-order valence-corrected chi connectivity index (χ3v) is 6.33. The first-order valence-corrected chi connectivity index (χ1v) is 11.4. The summed E-state index contributed by atoms with van der Waals surface area (Å²) in [6, 6.07) is 8.64. The Kier molecular flexibility index (Phi) is 6.36. The van der Waals surface area contributed by atoms with Crippen molar-refractivity contribution < 1.29 is 33.4 Å². The van der Waals surface area contributed by atoms with E-state index in [1.807, 2.05) is 0 Å². The van der Waals surface area contributed by atoms with Crippen LogP contribution in [0.2, 0.25) is 0 Å². The van der Waals surface area contributed by atoms with Gasteiger partial charge in [-0.25, -0.2) is 13.5 Å². The predicted octanol–water partition coefficient (Wildman–Crippen LogP) is 1.31. The van der Waals surface area contributed by atoms with E-state index in [0.717, 1.165) is 21.7 Å². The fourth-order valence-electron chi connectivity index (χ4n) is 4.43. The van der Waals surface area contributed by atoms with E-state index in [9.17, 15) is 19.5 Å². The van der Waals surface area contributed by atoms with E-state index < -0.39 is 42.1 Å². The number of rotatable bonds is 6. The van der Waals surface area contributed by atoms with Crippen molar-refractivity contribution in [2.24, 2.45) is 0 Å². The fraction of sp³-hybridized carbons (Fsp3) is 0.240. The van der Waals surface area contributed by atoms with Crippen LogP contribution in [0.15, 0.2) is 48.7 Å². The molecular formula is C25H21F2N5O5. The maximum absolute atomic E-state index is 15.0. The molecule has 2 aliphatic heterocycles. The second-order valence-corrected chi connectivity index (χ2v) is 8.64. The zero-order valence-electron chi connectivity index (χ0n) is 19.3. The molecule has 0 saturated heterocycles. The molecule has 12 heteroatoms. The summed E-state index contributed by atoms with van der Waals surface area (Å²) in [6.07, 6.45) is 1.51. The van der Waals surface area contributed by atoms with Crippen molar-refractivity contribution in [3.05, 3.63) is 82.7 Å². The van der Waals surface area contributed by atoms with Crippen LogP contribution in [-0.2, 0) is 11.3 Å². The van der Waals surface area contributed by atoms with Gasteiger partial charge in [0.15, 0.2) is 6.10 Å². The summed E-state index contributed by atoms with van der Waals surface area (Å²) < 4.78 is 31.2. The van der Waals surface area contributed by atoms with E-state index in [2.05, 4.69) is 10.3 Å². The summed E-state index contributed by atoms with van der Waals surface area (Å²) in [5.41, 5.74) is 1.05. The fourth-order valence-corrected chi connectivity index (χ4v) is 4.43. The third kappa shape index (κ3) is 4.41. The number of hydrogen-bond acceptors (Lipinski definition) is 7. The summed E-state index contributed by atoms with van der Waals surface area (Å²) >= 11 is 0. The third-order valence-electron chi connectivity index (χ3n) is 6.33. The SMILES string of the molecule is O=C(C(O)CO)N1CC=C(c2c(F)cc(-n3cc(CN4C(=O)c5ccccc5C4=O)nn3)cc2F)CC1. The Balaban J connectivity index is 1.33. The Hall–Kier alpha value is -4.29. The zero-order valence-corrected chi connectivity index (χ0v) is 19.3. The Labute approximate surface area is 209 Å². The first-order chi connectivity index (χ1) is 17.8. The lowest BCUT2D eigenvalue weighted by molar-refractivity contribution is -0.141. The molecule has 1 aromatic heterocycles. The van der Waals surface area contributed by atoms with Gasteiger partial charge in [0, 0.05) is 30.8 Å². The quantitative estimate of drug-likeness (QED) is 0.480. The second kappa shape index (κ2) is 9.64. The topological polar surface area (TPSA) is 129 Å². The molecule has 0 radical (unpaired) electrons. The molecule has 190 valence electrons. The predicted molar refractivity (Wildman–Crippen MR) is 124 cm³/mol. The van der Waals surface area contributed by atoms with Gasteiger partial charge in [-0.15, -0.1) is 5.10 Å². The molecule has 0 spiro atoms. The standard InChI is InChI=1S/C25H21F2N5O5/c26-19-9-16(10-20(27)22(19)14-5-7-30(8-6-14)25(37)21(34)13-33)32-12-15(28-29-32)11-31-23(35)17-3-1-2-4-18(17)24(31)36/h1-5,9-10,12,21,33-34H,6-8,11,13H2. The van der Waals surface area contributed by atoms with Crippen LogP contribution in [0.5, 0.6) is 0 Å². The van der Waals surface area contributed by atoms with Crippen molar-refractivity contribution >= 4 is 23.3 Å². The number of imide groups is 1. The van der Waals surface area contributed by atoms with Crippen LogP contribution in [0.1, 0.15) is 38.4 Å². The molecule has 1 unspecified atom stereocenters. The number of carbonyl (C=O) groups excluding carboxylic acids is 3. The van der Waals surface area contributed by atoms with E-state index in [1.165, 1.54) is 17.2 Å². The molecular weight excluding hydrogens is 488 g/mol. The molecule has 0 bridgehead atoms. The molecule has 1 atom stereocenters. The first-order valence-electron chi connectivity index (χ1n) is 11.4. The van der Waals surface area contributed by atoms with E-state index in [4.69, 9.17) is 5.11 Å². The van der Waals surface area contributed by atoms with Crippen LogP contribution in [0, 0.1) is 11.6 Å². The van der Waals surface area contributed by atoms with Gasteiger partial charge in [0.25, 0.3) is 17.7 Å². The molecule has 37 heavy (non-hydrogen) atoms. The maximum Gasteiger partial charge on any atom is 0.261 e. The van der Waals surface area contributed by atoms with Gasteiger partial charge in [0.05, 0.1) is 36.2 Å². The summed E-state index contributed by atoms with van der Waals surface area (Å²) in [6.45, 7) is -0.690. The Bertz CT molecular complexity index is 1390. The van der Waals surface area contributed by atoms with Gasteiger partial charge < -0.3 is 15.1 Å². The van der Waals surface area contributed by atoms with E-state index in [-0.39, 0.29) is 43.0 Å². The molecule has 2 aromatic carbocycles. The van der Waals surface area contributed by atoms with Crippen molar-refractivity contribution in [1.82, 2.24) is 24.8 Å². The summed E-state index contributed by atoms with van der Waals surface area (Å²) in [5, 5.41) is 26.3. The Morgan fingerprint density at radius 1 is 1.08 bits per heavy atom. The van der Waals surface area contributed by atoms with Crippen LogP contribution in [0.3, 0.4) is 0 Å². The highest BCUT2D eigenvalue weighted by Crippen LogP contribution is 2.30. The average Bonchev–Trinajstić information content (AvgIpc) is 3.47. The van der Waals surface area contributed by atoms with Gasteiger partial charge in [-0.3, -0.25) is 19.3 Å². The number of fused-ring (bicyclic) bond motifs is 1. The largest absolute Gasteiger partial charge is 0.393 e. The summed E-state index contributed by atoms with van der Waals surface area (Å²) in [4.78, 5) is 39.5. The maximum atomic E-state index is 15.0. The lowest BCUT2D eigenvalue weighted by Crippen LogP contribution is -2.42. The molecule has 5 rings (SSSR count). The van der Waals surface area contributed by atoms with Gasteiger partial charge >= 0.3 is 0 Å². The summed E-state index contributed by atoms with van der Waals surface area (Å²) in [5.74, 6) is -3.24. The number of halogens is 2. The normalized spacial score (nSPS) is 16.2. The van der Waals surface area contributed by atoms with Crippen LogP contribution in [0.4, 0.5) is 8.78 Å². The van der Waals surface area contributed by atoms with Crippen LogP contribution in [-0.4, -0.2) is 78.5 Å². The minimum Gasteiger partial charge on any atom is -0.393 e. The smallest absolute Gasteiger partial charge is 0.261 e. The number of hydrogen-bond donors (Lipinski definition) is 2. The second-order valence-electron chi connectivity index (χ2n) is 8.64. The number of amides is 3. The molecule has 3 heterocycles. The number of benzene rings is 2. The molecule has 3 aromatic rings. The first kappa shape index (κ1) is 24.4. The molecule has 0 aliphatic carbocycles. The van der Waals surface area contributed by atoms with Crippen molar-refractivity contribution in [3.63, 3.8) is 0 Å². The van der Waals surface area contributed by atoms with Gasteiger partial charge in [0.1, 0.15) is 17.3 Å². The van der Waals surface area contributed by atoms with Gasteiger partial charge in [-0.2, -0.15) is 0 Å². The summed E-state index contributed by atoms with van der Waals surface area (Å²) in [7, 11) is 0. The van der Waals surface area contributed by atoms with Gasteiger partial charge in [-0.1, -0.05) is 23.4 Å². The number of aliphatic hydroxyl groups is 2. The van der Waals surface area contributed by atoms with Gasteiger partial charge in [-0.05, 0) is 24.1 Å². The lowest BCUT2D eigenvalue weighted by Gasteiger charge is -2.28. The monoisotopic (exact) mass is 509 g/mol. The molecule has 2 aliphatic rings. The van der Waals surface area contributed by atoms with Crippen LogP contribution in [0.25, 0.3) is 11.3 Å². The number of aromatic nitrogens is 3. The highest BCUT2D eigenvalue weighted by atomic mass is 19.1. The molecule has 0 saturated carbocycles. The van der Waals surface area contributed by atoms with Crippen molar-refractivity contribution in [1.29, 1.82) is 0 Å². The lowest BCUT2D eigenvalue weighted by atomic mass is 9.97. The Morgan fingerprint density at radius 2 is 1.73 bits per heavy atom. The van der Waals surface area contributed by atoms with Gasteiger partial charge in [0.2, 0.25) is 0 Å². The minimum atomic E-state index is -1.53. The van der Waals surface area contributed by atoms with Crippen LogP contribution >= 0.6 is 0 Å². The Morgan fingerprint density at radius 3 is 2.30 bits per heavy atom. The van der Waals surface area contributed by atoms with Crippen molar-refractivity contribution in [2.45, 2.75) is 19.1 Å². The highest BCUT2D eigenvalue weighted by molar-refractivity contribution is 6.21. The zero-order chi connectivity index (χ0) is 26.3. The van der Waals surface area contributed by atoms with E-state index >= 15 is 8.78 Å². The average molecular weight is 509 g/mol. The van der Waals surface area contributed by atoms with Crippen molar-refractivity contribution in [2.75, 3.05) is 19.7 Å². The molecule has 10 nitrogen and oxygen atoms in total. The van der Waals surface area contributed by atoms with Crippen molar-refractivity contribution in [3.8, 4) is 5.69 Å². The van der Waals surface area contributed by atoms with E-state index in [0.29, 0.717) is 16.7 Å². The molecule has 0 fully saturated rings. The number of nitrogens with zero attached hydrogens (tertiary/aromatic N) is 5. The number of carbonyl (C=O) groups is 3. The molecule has 2 N–H and O–H groups in total. The van der Waals surface area contributed by atoms with E-state index in [1.54, 1.807) is 24.3 Å². The minimum absolute atomic E-state index is 0.0378. The number of aliphatic hydroxyl groups excluding tert-OH is 2. The highest BCUT2D eigenvalue weighted by Gasteiger charge is 2.35. The molecule has 3 amide bonds.